The van der Waals surface area contributed by atoms with Crippen molar-refractivity contribution >= 4 is 50.6 Å². The van der Waals surface area contributed by atoms with Gasteiger partial charge in [0.25, 0.3) is 11.2 Å². The number of nitrogens with two attached hydrogens (primary N) is 1. The van der Waals surface area contributed by atoms with E-state index in [-0.39, 0.29) is 28.1 Å². The van der Waals surface area contributed by atoms with E-state index in [1.54, 1.807) is 6.92 Å². The summed E-state index contributed by atoms with van der Waals surface area (Å²) in [7, 11) is 0. The van der Waals surface area contributed by atoms with Gasteiger partial charge in [0.05, 0.1) is 16.1 Å². The van der Waals surface area contributed by atoms with Gasteiger partial charge in [0.15, 0.2) is 5.16 Å². The van der Waals surface area contributed by atoms with E-state index in [1.807, 2.05) is 35.7 Å². The molecule has 0 unspecified atom stereocenters. The van der Waals surface area contributed by atoms with Crippen molar-refractivity contribution in [2.24, 2.45) is 0 Å². The molecule has 0 aliphatic carbocycles. The van der Waals surface area contributed by atoms with E-state index in [4.69, 9.17) is 5.84 Å². The number of anilines is 1. The van der Waals surface area contributed by atoms with Crippen molar-refractivity contribution in [1.29, 1.82) is 0 Å². The second-order valence-corrected chi connectivity index (χ2v) is 8.66. The SMILES string of the molecule is Cc1cc([N+](=O)[O-])ccc1NC(=O)CSc1nc2scc(-c3ccccc3)c2c(=O)n1N. The van der Waals surface area contributed by atoms with Crippen LogP contribution in [-0.4, -0.2) is 26.2 Å². The number of aryl methyl sites for hydroxylation is 1. The second kappa shape index (κ2) is 8.81. The number of nitrogen functional groups attached to an aromatic ring is 1. The monoisotopic (exact) mass is 467 g/mol. The summed E-state index contributed by atoms with van der Waals surface area (Å²) in [6, 6.07) is 13.7. The minimum absolute atomic E-state index is 0.0392. The molecule has 2 aromatic heterocycles. The second-order valence-electron chi connectivity index (χ2n) is 6.86. The number of nitrogens with one attached hydrogen (secondary N) is 1. The van der Waals surface area contributed by atoms with Crippen LogP contribution >= 0.6 is 23.1 Å². The zero-order chi connectivity index (χ0) is 22.8. The third-order valence-corrected chi connectivity index (χ3v) is 6.54. The molecule has 3 N–H and O–H groups in total. The van der Waals surface area contributed by atoms with Crippen molar-refractivity contribution in [2.45, 2.75) is 12.1 Å². The zero-order valence-corrected chi connectivity index (χ0v) is 18.4. The number of nitro groups is 1. The Labute approximate surface area is 190 Å². The molecule has 4 aromatic rings. The van der Waals surface area contributed by atoms with Gasteiger partial charge in [-0.2, -0.15) is 0 Å². The Hall–Kier alpha value is -3.70. The molecule has 32 heavy (non-hydrogen) atoms. The summed E-state index contributed by atoms with van der Waals surface area (Å²) >= 11 is 2.37. The Morgan fingerprint density at radius 3 is 2.72 bits per heavy atom. The van der Waals surface area contributed by atoms with Crippen LogP contribution in [0, 0.1) is 17.0 Å². The largest absolute Gasteiger partial charge is 0.334 e. The fourth-order valence-electron chi connectivity index (χ4n) is 3.13. The Balaban J connectivity index is 1.53. The molecule has 0 saturated heterocycles. The number of thiophene rings is 1. The minimum Gasteiger partial charge on any atom is -0.334 e. The molecule has 9 nitrogen and oxygen atoms in total. The lowest BCUT2D eigenvalue weighted by Gasteiger charge is -2.09. The first kappa shape index (κ1) is 21.5. The van der Waals surface area contributed by atoms with Crippen molar-refractivity contribution < 1.29 is 9.72 Å². The topological polar surface area (TPSA) is 133 Å². The molecular weight excluding hydrogens is 450 g/mol. The summed E-state index contributed by atoms with van der Waals surface area (Å²) in [5.74, 6) is 5.60. The fraction of sp³-hybridized carbons (Fsp3) is 0.0952. The number of carbonyl (C=O) groups is 1. The minimum atomic E-state index is -0.495. The quantitative estimate of drug-likeness (QED) is 0.145. The molecule has 0 bridgehead atoms. The van der Waals surface area contributed by atoms with Crippen LogP contribution in [0.15, 0.2) is 63.9 Å². The number of aromatic nitrogens is 2. The maximum Gasteiger partial charge on any atom is 0.282 e. The first-order valence-corrected chi connectivity index (χ1v) is 11.2. The van der Waals surface area contributed by atoms with Crippen LogP contribution in [0.5, 0.6) is 0 Å². The predicted molar refractivity (Wildman–Crippen MR) is 127 cm³/mol. The number of benzene rings is 2. The van der Waals surface area contributed by atoms with Gasteiger partial charge >= 0.3 is 0 Å². The number of nitrogens with zero attached hydrogens (tertiary/aromatic N) is 3. The van der Waals surface area contributed by atoms with Gasteiger partial charge in [-0.15, -0.1) is 11.3 Å². The average Bonchev–Trinajstić information content (AvgIpc) is 3.21. The van der Waals surface area contributed by atoms with Crippen molar-refractivity contribution in [3.05, 3.63) is 79.9 Å². The number of carbonyl (C=O) groups excluding carboxylic acids is 1. The van der Waals surface area contributed by atoms with E-state index < -0.39 is 4.92 Å². The Morgan fingerprint density at radius 1 is 1.28 bits per heavy atom. The summed E-state index contributed by atoms with van der Waals surface area (Å²) < 4.78 is 0.955. The number of hydrogen-bond acceptors (Lipinski definition) is 8. The highest BCUT2D eigenvalue weighted by Gasteiger charge is 2.17. The number of thioether (sulfide) groups is 1. The number of hydrogen-bond donors (Lipinski definition) is 2. The number of rotatable bonds is 6. The van der Waals surface area contributed by atoms with E-state index in [0.29, 0.717) is 21.5 Å². The summed E-state index contributed by atoms with van der Waals surface area (Å²) in [6.45, 7) is 1.67. The molecule has 2 heterocycles. The van der Waals surface area contributed by atoms with E-state index in [9.17, 15) is 19.7 Å². The Bertz CT molecular complexity index is 1400. The molecule has 0 spiro atoms. The smallest absolute Gasteiger partial charge is 0.282 e. The first-order chi connectivity index (χ1) is 15.3. The van der Waals surface area contributed by atoms with Crippen LogP contribution in [0.1, 0.15) is 5.56 Å². The van der Waals surface area contributed by atoms with Crippen molar-refractivity contribution in [3.63, 3.8) is 0 Å². The predicted octanol–water partition coefficient (Wildman–Crippen LogP) is 3.79. The maximum atomic E-state index is 12.9. The van der Waals surface area contributed by atoms with Gasteiger partial charge in [-0.05, 0) is 24.1 Å². The molecule has 0 radical (unpaired) electrons. The molecule has 11 heteroatoms. The third-order valence-electron chi connectivity index (χ3n) is 4.72. The van der Waals surface area contributed by atoms with Gasteiger partial charge < -0.3 is 11.2 Å². The van der Waals surface area contributed by atoms with E-state index in [0.717, 1.165) is 27.6 Å². The number of nitro benzene ring substituents is 1. The van der Waals surface area contributed by atoms with Crippen LogP contribution in [0.25, 0.3) is 21.3 Å². The molecule has 0 saturated carbocycles. The van der Waals surface area contributed by atoms with Gasteiger partial charge in [-0.1, -0.05) is 42.1 Å². The molecule has 0 fully saturated rings. The molecule has 162 valence electrons. The van der Waals surface area contributed by atoms with Gasteiger partial charge in [0.2, 0.25) is 5.91 Å². The Kier molecular flexibility index (Phi) is 5.93. The lowest BCUT2D eigenvalue weighted by molar-refractivity contribution is -0.384. The summed E-state index contributed by atoms with van der Waals surface area (Å²) in [5.41, 5.74) is 2.27. The molecule has 0 atom stereocenters. The highest BCUT2D eigenvalue weighted by Crippen LogP contribution is 2.31. The van der Waals surface area contributed by atoms with Crippen LogP contribution in [0.3, 0.4) is 0 Å². The molecule has 0 aliphatic rings. The van der Waals surface area contributed by atoms with Crippen molar-refractivity contribution in [1.82, 2.24) is 9.66 Å². The lowest BCUT2D eigenvalue weighted by Crippen LogP contribution is -2.30. The van der Waals surface area contributed by atoms with Gasteiger partial charge in [0.1, 0.15) is 4.83 Å². The zero-order valence-electron chi connectivity index (χ0n) is 16.8. The van der Waals surface area contributed by atoms with Crippen LogP contribution < -0.4 is 16.7 Å². The van der Waals surface area contributed by atoms with E-state index >= 15 is 0 Å². The lowest BCUT2D eigenvalue weighted by atomic mass is 10.1. The molecule has 2 aromatic carbocycles. The average molecular weight is 468 g/mol. The highest BCUT2D eigenvalue weighted by molar-refractivity contribution is 7.99. The van der Waals surface area contributed by atoms with Gasteiger partial charge in [0, 0.05) is 28.8 Å². The normalized spacial score (nSPS) is 10.9. The number of non-ortho nitro benzene ring substituents is 1. The Morgan fingerprint density at radius 2 is 2.03 bits per heavy atom. The highest BCUT2D eigenvalue weighted by atomic mass is 32.2. The van der Waals surface area contributed by atoms with E-state index in [2.05, 4.69) is 10.3 Å². The molecule has 4 rings (SSSR count). The standard InChI is InChI=1S/C21H17N5O4S2/c1-12-9-14(26(29)30)7-8-16(12)23-17(27)11-32-21-24-19-18(20(28)25(21)22)15(10-31-19)13-5-3-2-4-6-13/h2-10H,11,22H2,1H3,(H,23,27). The van der Waals surface area contributed by atoms with Crippen molar-refractivity contribution in [3.8, 4) is 11.1 Å². The first-order valence-electron chi connectivity index (χ1n) is 9.37. The van der Waals surface area contributed by atoms with Crippen LogP contribution in [0.2, 0.25) is 0 Å². The number of fused-ring (bicyclic) bond motifs is 1. The molecule has 1 amide bonds. The van der Waals surface area contributed by atoms with Gasteiger partial charge in [-0.3, -0.25) is 19.7 Å². The third kappa shape index (κ3) is 4.20. The summed E-state index contributed by atoms with van der Waals surface area (Å²) in [6.07, 6.45) is 0. The fourth-order valence-corrected chi connectivity index (χ4v) is 4.84. The summed E-state index contributed by atoms with van der Waals surface area (Å²) in [5, 5.41) is 16.1. The van der Waals surface area contributed by atoms with Crippen LogP contribution in [-0.2, 0) is 4.79 Å². The van der Waals surface area contributed by atoms with E-state index in [1.165, 1.54) is 29.5 Å². The summed E-state index contributed by atoms with van der Waals surface area (Å²) in [4.78, 5) is 40.7. The van der Waals surface area contributed by atoms with Crippen LogP contribution in [0.4, 0.5) is 11.4 Å². The molecular formula is C21H17N5O4S2. The van der Waals surface area contributed by atoms with Gasteiger partial charge in [-0.25, -0.2) is 9.66 Å². The number of amides is 1. The molecule has 0 aliphatic heterocycles. The van der Waals surface area contributed by atoms with Crippen molar-refractivity contribution in [2.75, 3.05) is 16.9 Å². The maximum absolute atomic E-state index is 12.9.